The van der Waals surface area contributed by atoms with Gasteiger partial charge in [0.15, 0.2) is 11.5 Å². The number of amides is 1. The first kappa shape index (κ1) is 22.6. The standard InChI is InChI=1S/C24H31N3O4/c1-6-7-19-10-18(11-21(29-4)23(19)30-5)12-26-24(28)20-8-9-22(25-13-20)27-14-16(2)31-17(3)15-27/h6,8-11,13,16-17H,1,7,12,14-15H2,2-5H3,(H,26,28)/t16-,17-/m0/s1. The topological polar surface area (TPSA) is 72.9 Å². The Labute approximate surface area is 184 Å². The first-order chi connectivity index (χ1) is 14.9. The smallest absolute Gasteiger partial charge is 0.253 e. The summed E-state index contributed by atoms with van der Waals surface area (Å²) in [5.41, 5.74) is 2.40. The van der Waals surface area contributed by atoms with E-state index in [0.717, 1.165) is 30.0 Å². The summed E-state index contributed by atoms with van der Waals surface area (Å²) in [7, 11) is 3.21. The van der Waals surface area contributed by atoms with Crippen LogP contribution in [0.4, 0.5) is 5.82 Å². The predicted molar refractivity (Wildman–Crippen MR) is 121 cm³/mol. The van der Waals surface area contributed by atoms with Crippen LogP contribution in [0.15, 0.2) is 43.1 Å². The maximum Gasteiger partial charge on any atom is 0.253 e. The van der Waals surface area contributed by atoms with Gasteiger partial charge < -0.3 is 24.4 Å². The maximum absolute atomic E-state index is 12.6. The number of anilines is 1. The van der Waals surface area contributed by atoms with Crippen LogP contribution in [0.25, 0.3) is 0 Å². The van der Waals surface area contributed by atoms with Crippen LogP contribution in [-0.4, -0.2) is 50.4 Å². The number of aromatic nitrogens is 1. The fourth-order valence-electron chi connectivity index (χ4n) is 3.87. The molecule has 1 aliphatic rings. The van der Waals surface area contributed by atoms with Crippen LogP contribution in [0, 0.1) is 0 Å². The highest BCUT2D eigenvalue weighted by atomic mass is 16.5. The molecule has 2 atom stereocenters. The van der Waals surface area contributed by atoms with Crippen molar-refractivity contribution >= 4 is 11.7 Å². The third-order valence-electron chi connectivity index (χ3n) is 5.19. The Kier molecular flexibility index (Phi) is 7.52. The van der Waals surface area contributed by atoms with E-state index in [0.29, 0.717) is 30.0 Å². The number of methoxy groups -OCH3 is 2. The number of hydrogen-bond acceptors (Lipinski definition) is 6. The van der Waals surface area contributed by atoms with E-state index in [-0.39, 0.29) is 18.1 Å². The second kappa shape index (κ2) is 10.3. The lowest BCUT2D eigenvalue weighted by molar-refractivity contribution is -0.00546. The van der Waals surface area contributed by atoms with E-state index in [1.165, 1.54) is 0 Å². The van der Waals surface area contributed by atoms with Gasteiger partial charge in [-0.1, -0.05) is 6.08 Å². The minimum absolute atomic E-state index is 0.154. The molecule has 2 heterocycles. The van der Waals surface area contributed by atoms with Gasteiger partial charge in [-0.15, -0.1) is 6.58 Å². The Morgan fingerprint density at radius 3 is 2.58 bits per heavy atom. The molecule has 0 saturated carbocycles. The SMILES string of the molecule is C=CCc1cc(CNC(=O)c2ccc(N3C[C@H](C)O[C@@H](C)C3)nc2)cc(OC)c1OC. The van der Waals surface area contributed by atoms with Crippen LogP contribution in [0.3, 0.4) is 0 Å². The number of allylic oxidation sites excluding steroid dienone is 1. The van der Waals surface area contributed by atoms with Crippen molar-refractivity contribution < 1.29 is 19.0 Å². The number of pyridine rings is 1. The number of carbonyl (C=O) groups excluding carboxylic acids is 1. The van der Waals surface area contributed by atoms with Gasteiger partial charge in [0, 0.05) is 31.4 Å². The number of nitrogens with one attached hydrogen (secondary N) is 1. The molecule has 7 nitrogen and oxygen atoms in total. The molecule has 1 aromatic carbocycles. The summed E-state index contributed by atoms with van der Waals surface area (Å²) in [6.45, 7) is 9.84. The molecule has 0 radical (unpaired) electrons. The van der Waals surface area contributed by atoms with E-state index in [1.54, 1.807) is 26.5 Å². The number of rotatable bonds is 8. The molecule has 7 heteroatoms. The van der Waals surface area contributed by atoms with Crippen molar-refractivity contribution in [1.82, 2.24) is 10.3 Å². The van der Waals surface area contributed by atoms with Crippen LogP contribution in [0.2, 0.25) is 0 Å². The second-order valence-electron chi connectivity index (χ2n) is 7.73. The van der Waals surface area contributed by atoms with Gasteiger partial charge in [-0.3, -0.25) is 4.79 Å². The van der Waals surface area contributed by atoms with Crippen molar-refractivity contribution in [2.45, 2.75) is 39.0 Å². The molecule has 2 aromatic rings. The van der Waals surface area contributed by atoms with Crippen LogP contribution in [-0.2, 0) is 17.7 Å². The summed E-state index contributed by atoms with van der Waals surface area (Å²) in [5, 5.41) is 2.95. The zero-order valence-electron chi connectivity index (χ0n) is 18.7. The fraction of sp³-hybridized carbons (Fsp3) is 0.417. The van der Waals surface area contributed by atoms with Crippen molar-refractivity contribution in [2.24, 2.45) is 0 Å². The fourth-order valence-corrected chi connectivity index (χ4v) is 3.87. The van der Waals surface area contributed by atoms with Crippen LogP contribution in [0.5, 0.6) is 11.5 Å². The van der Waals surface area contributed by atoms with Gasteiger partial charge in [0.25, 0.3) is 5.91 Å². The third-order valence-corrected chi connectivity index (χ3v) is 5.19. The summed E-state index contributed by atoms with van der Waals surface area (Å²) < 4.78 is 16.7. The minimum atomic E-state index is -0.178. The monoisotopic (exact) mass is 425 g/mol. The Bertz CT molecular complexity index is 904. The summed E-state index contributed by atoms with van der Waals surface area (Å²) in [4.78, 5) is 19.3. The molecule has 166 valence electrons. The normalized spacial score (nSPS) is 18.4. The van der Waals surface area contributed by atoms with Crippen molar-refractivity contribution in [1.29, 1.82) is 0 Å². The van der Waals surface area contributed by atoms with Gasteiger partial charge in [-0.25, -0.2) is 4.98 Å². The van der Waals surface area contributed by atoms with Crippen molar-refractivity contribution in [3.63, 3.8) is 0 Å². The summed E-state index contributed by atoms with van der Waals surface area (Å²) in [6, 6.07) is 7.55. The number of ether oxygens (including phenoxy) is 3. The average Bonchev–Trinajstić information content (AvgIpc) is 2.76. The molecule has 0 aliphatic carbocycles. The van der Waals surface area contributed by atoms with E-state index in [1.807, 2.05) is 24.3 Å². The van der Waals surface area contributed by atoms with Crippen LogP contribution < -0.4 is 19.7 Å². The van der Waals surface area contributed by atoms with Crippen LogP contribution in [0.1, 0.15) is 35.3 Å². The zero-order valence-corrected chi connectivity index (χ0v) is 18.7. The van der Waals surface area contributed by atoms with Gasteiger partial charge in [0.05, 0.1) is 32.0 Å². The lowest BCUT2D eigenvalue weighted by atomic mass is 10.1. The number of hydrogen-bond donors (Lipinski definition) is 1. The van der Waals surface area contributed by atoms with E-state index in [2.05, 4.69) is 35.6 Å². The van der Waals surface area contributed by atoms with Gasteiger partial charge in [0.1, 0.15) is 5.82 Å². The van der Waals surface area contributed by atoms with Gasteiger partial charge in [-0.2, -0.15) is 0 Å². The van der Waals surface area contributed by atoms with E-state index in [4.69, 9.17) is 14.2 Å². The molecule has 0 unspecified atom stereocenters. The molecule has 31 heavy (non-hydrogen) atoms. The Morgan fingerprint density at radius 2 is 2.00 bits per heavy atom. The number of carbonyl (C=O) groups is 1. The third kappa shape index (κ3) is 5.55. The summed E-state index contributed by atoms with van der Waals surface area (Å²) in [5.74, 6) is 1.99. The lowest BCUT2D eigenvalue weighted by Gasteiger charge is -2.36. The molecular formula is C24H31N3O4. The molecule has 1 amide bonds. The van der Waals surface area contributed by atoms with Gasteiger partial charge in [0.2, 0.25) is 0 Å². The van der Waals surface area contributed by atoms with E-state index in [9.17, 15) is 4.79 Å². The highest BCUT2D eigenvalue weighted by Gasteiger charge is 2.23. The number of morpholine rings is 1. The first-order valence-electron chi connectivity index (χ1n) is 10.4. The lowest BCUT2D eigenvalue weighted by Crippen LogP contribution is -2.45. The van der Waals surface area contributed by atoms with E-state index < -0.39 is 0 Å². The highest BCUT2D eigenvalue weighted by Crippen LogP contribution is 2.33. The Hall–Kier alpha value is -3.06. The largest absolute Gasteiger partial charge is 0.493 e. The molecule has 1 saturated heterocycles. The first-order valence-corrected chi connectivity index (χ1v) is 10.4. The van der Waals surface area contributed by atoms with Gasteiger partial charge >= 0.3 is 0 Å². The molecule has 1 fully saturated rings. The van der Waals surface area contributed by atoms with Crippen molar-refractivity contribution in [3.8, 4) is 11.5 Å². The molecule has 1 aliphatic heterocycles. The van der Waals surface area contributed by atoms with Crippen molar-refractivity contribution in [2.75, 3.05) is 32.2 Å². The predicted octanol–water partition coefficient (Wildman–Crippen LogP) is 3.37. The second-order valence-corrected chi connectivity index (χ2v) is 7.73. The van der Waals surface area contributed by atoms with Gasteiger partial charge in [-0.05, 0) is 50.1 Å². The number of nitrogens with zero attached hydrogens (tertiary/aromatic N) is 2. The zero-order chi connectivity index (χ0) is 22.4. The van der Waals surface area contributed by atoms with Crippen molar-refractivity contribution in [3.05, 3.63) is 59.8 Å². The molecule has 1 aromatic heterocycles. The van der Waals surface area contributed by atoms with E-state index >= 15 is 0 Å². The average molecular weight is 426 g/mol. The molecule has 0 spiro atoms. The Morgan fingerprint density at radius 1 is 1.26 bits per heavy atom. The quantitative estimate of drug-likeness (QED) is 0.654. The minimum Gasteiger partial charge on any atom is -0.493 e. The molecule has 1 N–H and O–H groups in total. The molecule has 0 bridgehead atoms. The molecule has 3 rings (SSSR count). The van der Waals surface area contributed by atoms with Crippen LogP contribution >= 0.6 is 0 Å². The highest BCUT2D eigenvalue weighted by molar-refractivity contribution is 5.94. The summed E-state index contributed by atoms with van der Waals surface area (Å²) >= 11 is 0. The summed E-state index contributed by atoms with van der Waals surface area (Å²) in [6.07, 6.45) is 4.38. The maximum atomic E-state index is 12.6. The Balaban J connectivity index is 1.67. The number of benzene rings is 1. The molecular weight excluding hydrogens is 394 g/mol.